The lowest BCUT2D eigenvalue weighted by Crippen LogP contribution is -2.45. The van der Waals surface area contributed by atoms with Crippen LogP contribution in [0.15, 0.2) is 41.3 Å². The zero-order valence-corrected chi connectivity index (χ0v) is 20.8. The summed E-state index contributed by atoms with van der Waals surface area (Å²) < 4.78 is 27.3. The number of amides is 2. The van der Waals surface area contributed by atoms with Crippen LogP contribution in [-0.4, -0.2) is 56.1 Å². The predicted molar refractivity (Wildman–Crippen MR) is 130 cm³/mol. The molecule has 0 unspecified atom stereocenters. The average molecular weight is 483 g/mol. The molecule has 8 nitrogen and oxygen atoms in total. The molecule has 0 spiro atoms. The van der Waals surface area contributed by atoms with Crippen LogP contribution in [0.5, 0.6) is 0 Å². The summed E-state index contributed by atoms with van der Waals surface area (Å²) in [4.78, 5) is 26.9. The number of carbonyl (C=O) groups is 2. The van der Waals surface area contributed by atoms with Gasteiger partial charge in [-0.25, -0.2) is 8.42 Å². The molecule has 0 radical (unpaired) electrons. The van der Waals surface area contributed by atoms with Crippen molar-refractivity contribution in [3.05, 3.63) is 58.7 Å². The van der Waals surface area contributed by atoms with E-state index in [-0.39, 0.29) is 47.8 Å². The summed E-state index contributed by atoms with van der Waals surface area (Å²) in [7, 11) is -2.23. The molecular formula is C25H30N4O4S. The highest BCUT2D eigenvalue weighted by atomic mass is 32.2. The van der Waals surface area contributed by atoms with E-state index in [1.165, 1.54) is 21.3 Å². The lowest BCUT2D eigenvalue weighted by atomic mass is 9.96. The minimum absolute atomic E-state index is 0.0160. The SMILES string of the molecule is Cc1cc(C)c(NC(=O)CN(C)C(=O)C2CCN(S(=O)(=O)c3ccccc3C#N)CC2)c(C)c1. The van der Waals surface area contributed by atoms with Crippen LogP contribution >= 0.6 is 0 Å². The molecule has 1 aliphatic rings. The van der Waals surface area contributed by atoms with E-state index in [9.17, 15) is 23.3 Å². The maximum Gasteiger partial charge on any atom is 0.244 e. The van der Waals surface area contributed by atoms with Gasteiger partial charge in [-0.05, 0) is 56.9 Å². The number of nitriles is 1. The van der Waals surface area contributed by atoms with Crippen LogP contribution < -0.4 is 5.32 Å². The average Bonchev–Trinajstić information content (AvgIpc) is 2.80. The van der Waals surface area contributed by atoms with E-state index in [4.69, 9.17) is 0 Å². The Labute approximate surface area is 201 Å². The summed E-state index contributed by atoms with van der Waals surface area (Å²) in [6, 6.07) is 12.0. The molecule has 0 aromatic heterocycles. The summed E-state index contributed by atoms with van der Waals surface area (Å²) >= 11 is 0. The van der Waals surface area contributed by atoms with Gasteiger partial charge in [-0.1, -0.05) is 29.8 Å². The monoisotopic (exact) mass is 482 g/mol. The largest absolute Gasteiger partial charge is 0.336 e. The number of anilines is 1. The smallest absolute Gasteiger partial charge is 0.244 e. The lowest BCUT2D eigenvalue weighted by Gasteiger charge is -2.32. The number of rotatable bonds is 6. The van der Waals surface area contributed by atoms with E-state index in [1.807, 2.05) is 39.0 Å². The van der Waals surface area contributed by atoms with E-state index in [1.54, 1.807) is 19.2 Å². The Balaban J connectivity index is 1.59. The molecule has 180 valence electrons. The fourth-order valence-electron chi connectivity index (χ4n) is 4.43. The number of aryl methyl sites for hydroxylation is 3. The molecule has 0 aliphatic carbocycles. The highest BCUT2D eigenvalue weighted by Crippen LogP contribution is 2.27. The first-order valence-corrected chi connectivity index (χ1v) is 12.6. The van der Waals surface area contributed by atoms with E-state index < -0.39 is 10.0 Å². The van der Waals surface area contributed by atoms with Crippen LogP contribution in [0.4, 0.5) is 5.69 Å². The molecule has 0 atom stereocenters. The van der Waals surface area contributed by atoms with Gasteiger partial charge in [0.2, 0.25) is 21.8 Å². The number of benzene rings is 2. The van der Waals surface area contributed by atoms with Crippen molar-refractivity contribution in [1.29, 1.82) is 5.26 Å². The summed E-state index contributed by atoms with van der Waals surface area (Å²) in [6.45, 7) is 6.14. The molecule has 2 aromatic carbocycles. The maximum atomic E-state index is 13.0. The van der Waals surface area contributed by atoms with Crippen LogP contribution in [-0.2, 0) is 19.6 Å². The molecule has 2 amide bonds. The van der Waals surface area contributed by atoms with Crippen LogP contribution in [0.3, 0.4) is 0 Å². The Hall–Kier alpha value is -3.22. The molecule has 1 saturated heterocycles. The summed E-state index contributed by atoms with van der Waals surface area (Å²) in [5, 5.41) is 12.2. The third-order valence-electron chi connectivity index (χ3n) is 6.13. The molecule has 3 rings (SSSR count). The standard InChI is InChI=1S/C25H30N4O4S/c1-17-13-18(2)24(19(3)14-17)27-23(30)16-28(4)25(31)20-9-11-29(12-10-20)34(32,33)22-8-6-5-7-21(22)15-26/h5-8,13-14,20H,9-12,16H2,1-4H3,(H,27,30). The van der Waals surface area contributed by atoms with Gasteiger partial charge in [0.15, 0.2) is 0 Å². The molecule has 34 heavy (non-hydrogen) atoms. The summed E-state index contributed by atoms with van der Waals surface area (Å²) in [5.74, 6) is -0.820. The molecule has 1 aliphatic heterocycles. The molecule has 9 heteroatoms. The number of likely N-dealkylation sites (N-methyl/N-ethyl adjacent to an activating group) is 1. The van der Waals surface area contributed by atoms with E-state index in [2.05, 4.69) is 5.32 Å². The van der Waals surface area contributed by atoms with Gasteiger partial charge in [0.25, 0.3) is 0 Å². The molecule has 0 bridgehead atoms. The molecular weight excluding hydrogens is 452 g/mol. The van der Waals surface area contributed by atoms with Crippen LogP contribution in [0, 0.1) is 38.0 Å². The van der Waals surface area contributed by atoms with Crippen molar-refractivity contribution in [2.75, 3.05) is 32.0 Å². The number of piperidine rings is 1. The van der Waals surface area contributed by atoms with Crippen molar-refractivity contribution < 1.29 is 18.0 Å². The topological polar surface area (TPSA) is 111 Å². The van der Waals surface area contributed by atoms with Crippen LogP contribution in [0.25, 0.3) is 0 Å². The van der Waals surface area contributed by atoms with E-state index >= 15 is 0 Å². The molecule has 1 fully saturated rings. The van der Waals surface area contributed by atoms with Gasteiger partial charge >= 0.3 is 0 Å². The second-order valence-corrected chi connectivity index (χ2v) is 10.7. The normalized spacial score (nSPS) is 14.9. The number of carbonyl (C=O) groups excluding carboxylic acids is 2. The van der Waals surface area contributed by atoms with Crippen molar-refractivity contribution in [2.45, 2.75) is 38.5 Å². The minimum atomic E-state index is -3.82. The van der Waals surface area contributed by atoms with Crippen molar-refractivity contribution >= 4 is 27.5 Å². The molecule has 2 aromatic rings. The molecule has 1 heterocycles. The van der Waals surface area contributed by atoms with Gasteiger partial charge in [-0.15, -0.1) is 0 Å². The second kappa shape index (κ2) is 10.4. The van der Waals surface area contributed by atoms with Gasteiger partial charge < -0.3 is 10.2 Å². The Bertz CT molecular complexity index is 1220. The maximum absolute atomic E-state index is 13.0. The summed E-state index contributed by atoms with van der Waals surface area (Å²) in [5.41, 5.74) is 3.90. The quantitative estimate of drug-likeness (QED) is 0.681. The second-order valence-electron chi connectivity index (χ2n) is 8.80. The van der Waals surface area contributed by atoms with Crippen molar-refractivity contribution in [3.63, 3.8) is 0 Å². The van der Waals surface area contributed by atoms with Crippen molar-refractivity contribution in [1.82, 2.24) is 9.21 Å². The third-order valence-corrected chi connectivity index (χ3v) is 8.08. The number of hydrogen-bond acceptors (Lipinski definition) is 5. The fourth-order valence-corrected chi connectivity index (χ4v) is 6.04. The molecule has 0 saturated carbocycles. The highest BCUT2D eigenvalue weighted by molar-refractivity contribution is 7.89. The first-order chi connectivity index (χ1) is 16.0. The minimum Gasteiger partial charge on any atom is -0.336 e. The molecule has 1 N–H and O–H groups in total. The van der Waals surface area contributed by atoms with Crippen LogP contribution in [0.1, 0.15) is 35.1 Å². The predicted octanol–water partition coefficient (Wildman–Crippen LogP) is 2.98. The number of nitrogens with zero attached hydrogens (tertiary/aromatic N) is 3. The van der Waals surface area contributed by atoms with Gasteiger partial charge in [-0.3, -0.25) is 9.59 Å². The first-order valence-electron chi connectivity index (χ1n) is 11.2. The Morgan fingerprint density at radius 2 is 1.71 bits per heavy atom. The van der Waals surface area contributed by atoms with Gasteiger partial charge in [0.1, 0.15) is 6.07 Å². The zero-order valence-electron chi connectivity index (χ0n) is 20.0. The number of hydrogen-bond donors (Lipinski definition) is 1. The van der Waals surface area contributed by atoms with Crippen molar-refractivity contribution in [3.8, 4) is 6.07 Å². The Morgan fingerprint density at radius 1 is 1.12 bits per heavy atom. The zero-order chi connectivity index (χ0) is 25.0. The Kier molecular flexibility index (Phi) is 7.75. The lowest BCUT2D eigenvalue weighted by molar-refractivity contribution is -0.138. The number of sulfonamides is 1. The Morgan fingerprint density at radius 3 is 2.29 bits per heavy atom. The summed E-state index contributed by atoms with van der Waals surface area (Å²) in [6.07, 6.45) is 0.712. The van der Waals surface area contributed by atoms with Crippen molar-refractivity contribution in [2.24, 2.45) is 5.92 Å². The van der Waals surface area contributed by atoms with Gasteiger partial charge in [0, 0.05) is 31.7 Å². The van der Waals surface area contributed by atoms with E-state index in [0.29, 0.717) is 12.8 Å². The van der Waals surface area contributed by atoms with Gasteiger partial charge in [0.05, 0.1) is 17.0 Å². The fraction of sp³-hybridized carbons (Fsp3) is 0.400. The third kappa shape index (κ3) is 5.46. The van der Waals surface area contributed by atoms with Crippen LogP contribution in [0.2, 0.25) is 0 Å². The van der Waals surface area contributed by atoms with Gasteiger partial charge in [-0.2, -0.15) is 9.57 Å². The highest BCUT2D eigenvalue weighted by Gasteiger charge is 2.34. The van der Waals surface area contributed by atoms with E-state index in [0.717, 1.165) is 22.4 Å². The first kappa shape index (κ1) is 25.4. The number of nitrogens with one attached hydrogen (secondary N) is 1.